The van der Waals surface area contributed by atoms with Gasteiger partial charge in [-0.3, -0.25) is 5.84 Å². The van der Waals surface area contributed by atoms with Crippen LogP contribution in [-0.4, -0.2) is 35.8 Å². The molecule has 4 aromatic rings. The van der Waals surface area contributed by atoms with Gasteiger partial charge in [-0.2, -0.15) is 5.53 Å². The van der Waals surface area contributed by atoms with Crippen molar-refractivity contribution >= 4 is 28.9 Å². The third-order valence-corrected chi connectivity index (χ3v) is 6.70. The molecule has 0 aromatic heterocycles. The minimum atomic E-state index is -1.33. The molecule has 0 radical (unpaired) electrons. The zero-order valence-corrected chi connectivity index (χ0v) is 20.4. The van der Waals surface area contributed by atoms with Gasteiger partial charge in [-0.05, 0) is 38.6 Å². The minimum absolute atomic E-state index is 0.00859. The van der Waals surface area contributed by atoms with E-state index in [9.17, 15) is 14.4 Å². The number of benzene rings is 4. The second-order valence-electron chi connectivity index (χ2n) is 8.94. The molecule has 2 amide bonds. The van der Waals surface area contributed by atoms with Gasteiger partial charge in [0, 0.05) is 12.3 Å². The van der Waals surface area contributed by atoms with Crippen molar-refractivity contribution in [3.8, 4) is 11.1 Å². The molecule has 5 rings (SSSR count). The van der Waals surface area contributed by atoms with E-state index in [4.69, 9.17) is 16.3 Å². The number of ether oxygens (including phenoxy) is 2. The fourth-order valence-corrected chi connectivity index (χ4v) is 4.97. The Labute approximate surface area is 218 Å². The predicted molar refractivity (Wildman–Crippen MR) is 141 cm³/mol. The molecule has 0 aliphatic heterocycles. The quantitative estimate of drug-likeness (QED) is 0.148. The molecule has 9 nitrogen and oxygen atoms in total. The molecular weight excluding hydrogens is 484 g/mol. The monoisotopic (exact) mass is 510 g/mol. The number of rotatable bonds is 7. The number of amides is 2. The number of hydrogen-bond acceptors (Lipinski definition) is 7. The molecule has 0 fully saturated rings. The number of hydrogen-bond donors (Lipinski definition) is 3. The van der Waals surface area contributed by atoms with Crippen molar-refractivity contribution in [3.05, 3.63) is 108 Å². The summed E-state index contributed by atoms with van der Waals surface area (Å²) in [6.07, 6.45) is -2.20. The van der Waals surface area contributed by atoms with Gasteiger partial charge < -0.3 is 15.2 Å². The highest BCUT2D eigenvalue weighted by Gasteiger charge is 2.35. The first kappa shape index (κ1) is 24.9. The highest BCUT2D eigenvalue weighted by Crippen LogP contribution is 2.44. The third kappa shape index (κ3) is 4.93. The van der Waals surface area contributed by atoms with E-state index < -0.39 is 24.2 Å². The highest BCUT2D eigenvalue weighted by molar-refractivity contribution is 5.90. The van der Waals surface area contributed by atoms with Gasteiger partial charge in [-0.25, -0.2) is 19.4 Å². The zero-order chi connectivity index (χ0) is 26.6. The molecule has 5 N–H and O–H groups in total. The Bertz CT molecular complexity index is 1480. The summed E-state index contributed by atoms with van der Waals surface area (Å²) < 4.78 is 10.3. The van der Waals surface area contributed by atoms with Crippen molar-refractivity contribution < 1.29 is 23.9 Å². The number of primary amides is 1. The Kier molecular flexibility index (Phi) is 7.03. The smallest absolute Gasteiger partial charge is 0.426 e. The molecule has 38 heavy (non-hydrogen) atoms. The van der Waals surface area contributed by atoms with Crippen LogP contribution >= 0.6 is 0 Å². The number of carbonyl (C=O) groups excluding carboxylic acids is 3. The van der Waals surface area contributed by atoms with Crippen molar-refractivity contribution in [2.24, 2.45) is 11.6 Å². The van der Waals surface area contributed by atoms with Crippen LogP contribution in [0.2, 0.25) is 0 Å². The number of nitrogens with one attached hydrogen (secondary N) is 1. The van der Waals surface area contributed by atoms with Crippen molar-refractivity contribution in [1.82, 2.24) is 10.5 Å². The molecule has 0 bridgehead atoms. The van der Waals surface area contributed by atoms with Gasteiger partial charge in [-0.1, -0.05) is 91.0 Å². The normalized spacial score (nSPS) is 12.9. The second kappa shape index (κ2) is 10.7. The van der Waals surface area contributed by atoms with E-state index >= 15 is 0 Å². The van der Waals surface area contributed by atoms with Crippen LogP contribution in [0.3, 0.4) is 0 Å². The van der Waals surface area contributed by atoms with E-state index in [2.05, 4.69) is 10.3 Å². The summed E-state index contributed by atoms with van der Waals surface area (Å²) in [7, 11) is 0. The van der Waals surface area contributed by atoms with Gasteiger partial charge in [0.2, 0.25) is 0 Å². The summed E-state index contributed by atoms with van der Waals surface area (Å²) in [4.78, 5) is 37.4. The van der Waals surface area contributed by atoms with Crippen molar-refractivity contribution in [1.29, 1.82) is 0 Å². The summed E-state index contributed by atoms with van der Waals surface area (Å²) in [5.41, 5.74) is 12.3. The summed E-state index contributed by atoms with van der Waals surface area (Å²) in [6, 6.07) is 27.8. The Morgan fingerprint density at radius 2 is 1.45 bits per heavy atom. The number of nitrogens with zero attached hydrogens (tertiary/aromatic N) is 1. The van der Waals surface area contributed by atoms with E-state index in [0.29, 0.717) is 5.56 Å². The lowest BCUT2D eigenvalue weighted by atomic mass is 9.98. The molecule has 9 heteroatoms. The SMILES string of the molecule is NNN(C(=O)OCC1c2ccccc2-c2ccccc21)[C@@H](Cc1ccc2ccccc2c1)C(=O)OC(N)=O. The standard InChI is InChI=1S/C29H26N4O5/c30-28(35)38-27(34)26(16-18-13-14-19-7-1-2-8-20(19)15-18)33(32-31)29(36)37-17-25-23-11-5-3-9-21(23)22-10-4-6-12-24(22)25/h1-15,25-26,32H,16-17,31H2,(H2,30,35)/t26-/m0/s1. The maximum absolute atomic E-state index is 13.2. The molecule has 0 saturated carbocycles. The van der Waals surface area contributed by atoms with E-state index in [0.717, 1.165) is 38.0 Å². The van der Waals surface area contributed by atoms with Crippen LogP contribution in [0.1, 0.15) is 22.6 Å². The number of hydrazine groups is 2. The largest absolute Gasteiger partial charge is 0.447 e. The first-order valence-electron chi connectivity index (χ1n) is 12.1. The van der Waals surface area contributed by atoms with Gasteiger partial charge in [-0.15, -0.1) is 0 Å². The molecule has 0 saturated heterocycles. The molecular formula is C29H26N4O5. The van der Waals surface area contributed by atoms with E-state index in [-0.39, 0.29) is 18.9 Å². The first-order chi connectivity index (χ1) is 18.5. The fourth-order valence-electron chi connectivity index (χ4n) is 4.97. The summed E-state index contributed by atoms with van der Waals surface area (Å²) in [5.74, 6) is 4.44. The Morgan fingerprint density at radius 3 is 2.08 bits per heavy atom. The molecule has 1 atom stereocenters. The zero-order valence-electron chi connectivity index (χ0n) is 20.4. The van der Waals surface area contributed by atoms with Crippen LogP contribution in [0.5, 0.6) is 0 Å². The molecule has 0 unspecified atom stereocenters. The Morgan fingerprint density at radius 1 is 0.842 bits per heavy atom. The van der Waals surface area contributed by atoms with Crippen LogP contribution in [0, 0.1) is 0 Å². The van der Waals surface area contributed by atoms with Gasteiger partial charge >= 0.3 is 18.2 Å². The lowest BCUT2D eigenvalue weighted by molar-refractivity contribution is -0.144. The topological polar surface area (TPSA) is 137 Å². The summed E-state index contributed by atoms with van der Waals surface area (Å²) >= 11 is 0. The molecule has 192 valence electrons. The summed E-state index contributed by atoms with van der Waals surface area (Å²) in [6.45, 7) is 0.0125. The molecule has 4 aromatic carbocycles. The van der Waals surface area contributed by atoms with Gasteiger partial charge in [0.05, 0.1) is 0 Å². The van der Waals surface area contributed by atoms with Gasteiger partial charge in [0.1, 0.15) is 6.61 Å². The van der Waals surface area contributed by atoms with Crippen molar-refractivity contribution in [3.63, 3.8) is 0 Å². The minimum Gasteiger partial charge on any atom is -0.447 e. The van der Waals surface area contributed by atoms with Gasteiger partial charge in [0.15, 0.2) is 6.04 Å². The van der Waals surface area contributed by atoms with E-state index in [1.54, 1.807) is 0 Å². The van der Waals surface area contributed by atoms with Crippen LogP contribution in [0.15, 0.2) is 91.0 Å². The molecule has 0 heterocycles. The second-order valence-corrected chi connectivity index (χ2v) is 8.94. The predicted octanol–water partition coefficient (Wildman–Crippen LogP) is 4.00. The summed E-state index contributed by atoms with van der Waals surface area (Å²) in [5, 5.41) is 2.77. The highest BCUT2D eigenvalue weighted by atomic mass is 16.6. The van der Waals surface area contributed by atoms with Crippen LogP contribution in [0.25, 0.3) is 21.9 Å². The van der Waals surface area contributed by atoms with Crippen LogP contribution in [0.4, 0.5) is 9.59 Å². The molecule has 1 aliphatic rings. The Balaban J connectivity index is 1.38. The Hall–Kier alpha value is -4.73. The lowest BCUT2D eigenvalue weighted by Gasteiger charge is -2.28. The maximum Gasteiger partial charge on any atom is 0.426 e. The average molecular weight is 511 g/mol. The van der Waals surface area contributed by atoms with Crippen LogP contribution in [-0.2, 0) is 20.7 Å². The first-order valence-corrected chi connectivity index (χ1v) is 12.1. The third-order valence-electron chi connectivity index (χ3n) is 6.70. The number of carbonyl (C=O) groups is 3. The van der Waals surface area contributed by atoms with Gasteiger partial charge in [0.25, 0.3) is 0 Å². The number of nitrogens with two attached hydrogens (primary N) is 2. The number of fused-ring (bicyclic) bond motifs is 4. The average Bonchev–Trinajstić information content (AvgIpc) is 3.25. The van der Waals surface area contributed by atoms with E-state index in [1.165, 1.54) is 0 Å². The van der Waals surface area contributed by atoms with Crippen molar-refractivity contribution in [2.45, 2.75) is 18.4 Å². The maximum atomic E-state index is 13.2. The van der Waals surface area contributed by atoms with E-state index in [1.807, 2.05) is 91.0 Å². The fraction of sp³-hybridized carbons (Fsp3) is 0.138. The number of esters is 1. The lowest BCUT2D eigenvalue weighted by Crippen LogP contribution is -2.57. The molecule has 0 spiro atoms. The van der Waals surface area contributed by atoms with Crippen LogP contribution < -0.4 is 17.1 Å². The van der Waals surface area contributed by atoms with Crippen molar-refractivity contribution in [2.75, 3.05) is 6.61 Å². The molecule has 1 aliphatic carbocycles.